The third kappa shape index (κ3) is 3.54. The van der Waals surface area contributed by atoms with Gasteiger partial charge in [-0.05, 0) is 31.2 Å². The van der Waals surface area contributed by atoms with Gasteiger partial charge >= 0.3 is 0 Å². The van der Waals surface area contributed by atoms with Crippen LogP contribution in [0, 0.1) is 0 Å². The summed E-state index contributed by atoms with van der Waals surface area (Å²) in [6, 6.07) is 7.01. The molecule has 0 saturated heterocycles. The van der Waals surface area contributed by atoms with Gasteiger partial charge in [0.15, 0.2) is 0 Å². The van der Waals surface area contributed by atoms with Crippen molar-refractivity contribution in [2.75, 3.05) is 11.6 Å². The van der Waals surface area contributed by atoms with E-state index in [0.717, 1.165) is 24.4 Å². The fraction of sp³-hybridized carbons (Fsp3) is 0.188. The summed E-state index contributed by atoms with van der Waals surface area (Å²) in [6.45, 7) is 2.83. The number of hydrogen-bond donors (Lipinski definition) is 2. The van der Waals surface area contributed by atoms with E-state index in [9.17, 15) is 9.59 Å². The molecule has 2 amide bonds. The monoisotopic (exact) mass is 324 g/mol. The first-order chi connectivity index (χ1) is 11.6. The summed E-state index contributed by atoms with van der Waals surface area (Å²) in [5.74, 6) is -0.949. The van der Waals surface area contributed by atoms with E-state index < -0.39 is 11.8 Å². The van der Waals surface area contributed by atoms with E-state index in [0.29, 0.717) is 5.56 Å². The molecule has 0 unspecified atom stereocenters. The van der Waals surface area contributed by atoms with Gasteiger partial charge in [-0.25, -0.2) is 4.98 Å². The first-order valence-electron chi connectivity index (χ1n) is 7.42. The number of carbonyl (C=O) groups is 2. The van der Waals surface area contributed by atoms with Gasteiger partial charge in [-0.3, -0.25) is 30.4 Å². The number of carbonyl (C=O) groups excluding carboxylic acids is 2. The van der Waals surface area contributed by atoms with E-state index in [1.165, 1.54) is 18.6 Å². The average molecular weight is 324 g/mol. The highest BCUT2D eigenvalue weighted by Crippen LogP contribution is 2.19. The van der Waals surface area contributed by atoms with Crippen LogP contribution < -0.4 is 15.9 Å². The number of benzene rings is 1. The van der Waals surface area contributed by atoms with Crippen LogP contribution in [0.1, 0.15) is 34.2 Å². The summed E-state index contributed by atoms with van der Waals surface area (Å²) in [5.41, 5.74) is 7.20. The third-order valence-electron chi connectivity index (χ3n) is 3.49. The highest BCUT2D eigenvalue weighted by Gasteiger charge is 2.14. The molecule has 1 aliphatic heterocycles. The number of rotatable bonds is 3. The zero-order valence-electron chi connectivity index (χ0n) is 13.1. The van der Waals surface area contributed by atoms with Crippen molar-refractivity contribution in [3.8, 4) is 0 Å². The lowest BCUT2D eigenvalue weighted by Gasteiger charge is -2.14. The van der Waals surface area contributed by atoms with Crippen LogP contribution in [0.5, 0.6) is 0 Å². The molecular formula is C16H16N6O2. The highest BCUT2D eigenvalue weighted by molar-refractivity contribution is 5.98. The molecule has 2 aromatic rings. The molecule has 1 aromatic carbocycles. The highest BCUT2D eigenvalue weighted by atomic mass is 16.2. The Balaban J connectivity index is 1.58. The second-order valence-corrected chi connectivity index (χ2v) is 5.25. The van der Waals surface area contributed by atoms with E-state index in [1.54, 1.807) is 12.1 Å². The van der Waals surface area contributed by atoms with Crippen molar-refractivity contribution < 1.29 is 9.59 Å². The Morgan fingerprint density at radius 3 is 2.46 bits per heavy atom. The second kappa shape index (κ2) is 6.86. The lowest BCUT2D eigenvalue weighted by molar-refractivity contribution is 0.0843. The third-order valence-corrected chi connectivity index (χ3v) is 3.49. The zero-order valence-corrected chi connectivity index (χ0v) is 13.1. The Morgan fingerprint density at radius 2 is 1.83 bits per heavy atom. The summed E-state index contributed by atoms with van der Waals surface area (Å²) in [4.78, 5) is 31.5. The van der Waals surface area contributed by atoms with Gasteiger partial charge < -0.3 is 0 Å². The fourth-order valence-electron chi connectivity index (χ4n) is 2.21. The predicted molar refractivity (Wildman–Crippen MR) is 88.5 cm³/mol. The van der Waals surface area contributed by atoms with Crippen molar-refractivity contribution in [2.24, 2.45) is 5.10 Å². The van der Waals surface area contributed by atoms with Crippen LogP contribution in [0.15, 0.2) is 48.0 Å². The van der Waals surface area contributed by atoms with E-state index >= 15 is 0 Å². The molecule has 1 aliphatic rings. The quantitative estimate of drug-likeness (QED) is 0.825. The van der Waals surface area contributed by atoms with Crippen LogP contribution in [-0.4, -0.2) is 34.0 Å². The van der Waals surface area contributed by atoms with Gasteiger partial charge in [0, 0.05) is 36.6 Å². The Kier molecular flexibility index (Phi) is 4.46. The van der Waals surface area contributed by atoms with Crippen LogP contribution in [0.4, 0.5) is 5.69 Å². The summed E-state index contributed by atoms with van der Waals surface area (Å²) in [6.07, 6.45) is 5.12. The SMILES string of the molecule is CC1=NN(c2ccc(C(=O)NNC(=O)c3cnccn3)cc2)CC1. The molecular weight excluding hydrogens is 308 g/mol. The maximum atomic E-state index is 12.1. The van der Waals surface area contributed by atoms with Gasteiger partial charge in [0.2, 0.25) is 0 Å². The molecule has 2 heterocycles. The van der Waals surface area contributed by atoms with Crippen molar-refractivity contribution in [3.63, 3.8) is 0 Å². The van der Waals surface area contributed by atoms with Crippen molar-refractivity contribution in [3.05, 3.63) is 54.1 Å². The lowest BCUT2D eigenvalue weighted by Crippen LogP contribution is -2.42. The number of nitrogens with zero attached hydrogens (tertiary/aromatic N) is 4. The number of nitrogens with one attached hydrogen (secondary N) is 2. The zero-order chi connectivity index (χ0) is 16.9. The number of aromatic nitrogens is 2. The summed E-state index contributed by atoms with van der Waals surface area (Å²) < 4.78 is 0. The normalized spacial score (nSPS) is 13.4. The van der Waals surface area contributed by atoms with Crippen LogP contribution in [0.25, 0.3) is 0 Å². The van der Waals surface area contributed by atoms with Crippen molar-refractivity contribution in [1.82, 2.24) is 20.8 Å². The summed E-state index contributed by atoms with van der Waals surface area (Å²) in [5, 5.41) is 6.30. The smallest absolute Gasteiger partial charge is 0.267 e. The van der Waals surface area contributed by atoms with Crippen LogP contribution in [0.2, 0.25) is 0 Å². The number of hydrogen-bond acceptors (Lipinski definition) is 6. The summed E-state index contributed by atoms with van der Waals surface area (Å²) >= 11 is 0. The van der Waals surface area contributed by atoms with Crippen molar-refractivity contribution in [1.29, 1.82) is 0 Å². The molecule has 0 fully saturated rings. The first kappa shape index (κ1) is 15.6. The van der Waals surface area contributed by atoms with E-state index in [4.69, 9.17) is 0 Å². The molecule has 0 radical (unpaired) electrons. The van der Waals surface area contributed by atoms with E-state index in [1.807, 2.05) is 24.1 Å². The molecule has 0 bridgehead atoms. The number of anilines is 1. The lowest BCUT2D eigenvalue weighted by atomic mass is 10.2. The van der Waals surface area contributed by atoms with E-state index in [-0.39, 0.29) is 5.69 Å². The van der Waals surface area contributed by atoms with Crippen LogP contribution in [-0.2, 0) is 0 Å². The minimum absolute atomic E-state index is 0.121. The molecule has 0 spiro atoms. The van der Waals surface area contributed by atoms with Gasteiger partial charge in [0.25, 0.3) is 11.8 Å². The Hall–Kier alpha value is -3.29. The van der Waals surface area contributed by atoms with Gasteiger partial charge in [-0.15, -0.1) is 0 Å². The van der Waals surface area contributed by atoms with Gasteiger partial charge in [0.1, 0.15) is 5.69 Å². The molecule has 8 nitrogen and oxygen atoms in total. The Labute approximate surface area is 138 Å². The number of hydrazine groups is 1. The molecule has 24 heavy (non-hydrogen) atoms. The molecule has 2 N–H and O–H groups in total. The molecule has 3 rings (SSSR count). The van der Waals surface area contributed by atoms with Crippen LogP contribution >= 0.6 is 0 Å². The molecule has 122 valence electrons. The molecule has 0 atom stereocenters. The van der Waals surface area contributed by atoms with Crippen molar-refractivity contribution >= 4 is 23.2 Å². The summed E-state index contributed by atoms with van der Waals surface area (Å²) in [7, 11) is 0. The molecule has 0 aliphatic carbocycles. The van der Waals surface area contributed by atoms with E-state index in [2.05, 4.69) is 25.9 Å². The Morgan fingerprint density at radius 1 is 1.08 bits per heavy atom. The Bertz CT molecular complexity index is 773. The standard InChI is InChI=1S/C16H16N6O2/c1-11-6-9-22(21-11)13-4-2-12(3-5-13)15(23)19-20-16(24)14-10-17-7-8-18-14/h2-5,7-8,10H,6,9H2,1H3,(H,19,23)(H,20,24). The average Bonchev–Trinajstić information content (AvgIpc) is 3.06. The van der Waals surface area contributed by atoms with Gasteiger partial charge in [0.05, 0.1) is 11.9 Å². The molecule has 8 heteroatoms. The van der Waals surface area contributed by atoms with Gasteiger partial charge in [-0.1, -0.05) is 0 Å². The minimum atomic E-state index is -0.532. The number of hydrazone groups is 1. The maximum Gasteiger partial charge on any atom is 0.289 e. The first-order valence-corrected chi connectivity index (χ1v) is 7.42. The maximum absolute atomic E-state index is 12.1. The minimum Gasteiger partial charge on any atom is -0.267 e. The van der Waals surface area contributed by atoms with Crippen LogP contribution in [0.3, 0.4) is 0 Å². The van der Waals surface area contributed by atoms with Gasteiger partial charge in [-0.2, -0.15) is 5.10 Å². The predicted octanol–water partition coefficient (Wildman–Crippen LogP) is 1.14. The van der Waals surface area contributed by atoms with Crippen molar-refractivity contribution in [2.45, 2.75) is 13.3 Å². The fourth-order valence-corrected chi connectivity index (χ4v) is 2.21. The second-order valence-electron chi connectivity index (χ2n) is 5.25. The molecule has 0 saturated carbocycles. The largest absolute Gasteiger partial charge is 0.289 e. The number of amides is 2. The molecule has 1 aromatic heterocycles. The topological polar surface area (TPSA) is 99.6 Å².